The lowest BCUT2D eigenvalue weighted by Crippen LogP contribution is -2.28. The zero-order chi connectivity index (χ0) is 29.6. The van der Waals surface area contributed by atoms with Crippen LogP contribution in [0.1, 0.15) is 35.6 Å². The monoisotopic (exact) mass is 563 g/mol. The van der Waals surface area contributed by atoms with Crippen LogP contribution in [-0.4, -0.2) is 32.2 Å². The number of anilines is 3. The van der Waals surface area contributed by atoms with Crippen molar-refractivity contribution in [1.29, 1.82) is 0 Å². The third-order valence-corrected chi connectivity index (χ3v) is 7.05. The molecule has 9 heteroatoms. The number of allylic oxidation sites excluding steroid dienone is 2. The molecule has 0 aromatic heterocycles. The molecule has 3 aromatic carbocycles. The Hall–Kier alpha value is -4.08. The molecule has 0 bridgehead atoms. The molecule has 1 saturated carbocycles. The van der Waals surface area contributed by atoms with Crippen molar-refractivity contribution < 1.29 is 18.0 Å². The normalized spacial score (nSPS) is 14.4. The minimum Gasteiger partial charge on any atom is -0.399 e. The fourth-order valence-corrected chi connectivity index (χ4v) is 4.47. The number of rotatable bonds is 12. The summed E-state index contributed by atoms with van der Waals surface area (Å²) in [6.07, 6.45) is -1.47. The van der Waals surface area contributed by atoms with Crippen molar-refractivity contribution >= 4 is 23.0 Å². The van der Waals surface area contributed by atoms with Gasteiger partial charge in [0.15, 0.2) is 0 Å². The summed E-state index contributed by atoms with van der Waals surface area (Å²) in [4.78, 5) is 15.1. The second-order valence-electron chi connectivity index (χ2n) is 10.5. The van der Waals surface area contributed by atoms with E-state index in [0.29, 0.717) is 23.8 Å². The van der Waals surface area contributed by atoms with E-state index in [2.05, 4.69) is 17.2 Å². The molecular formula is C32H36F3N5O. The first-order valence-electron chi connectivity index (χ1n) is 13.5. The molecule has 6 nitrogen and oxygen atoms in total. The Balaban J connectivity index is 1.58. The third-order valence-electron chi connectivity index (χ3n) is 7.05. The first kappa shape index (κ1) is 29.9. The third kappa shape index (κ3) is 8.45. The van der Waals surface area contributed by atoms with Gasteiger partial charge in [0.2, 0.25) is 0 Å². The van der Waals surface area contributed by atoms with Crippen molar-refractivity contribution in [2.45, 2.75) is 31.6 Å². The number of nitrogens with one attached hydrogen (secondary N) is 2. The summed E-state index contributed by atoms with van der Waals surface area (Å²) >= 11 is 0. The highest BCUT2D eigenvalue weighted by Crippen LogP contribution is 2.31. The topological polar surface area (TPSA) is 96.4 Å². The van der Waals surface area contributed by atoms with Gasteiger partial charge in [-0.05, 0) is 84.5 Å². The van der Waals surface area contributed by atoms with E-state index >= 15 is 0 Å². The fourth-order valence-electron chi connectivity index (χ4n) is 4.47. The zero-order valence-corrected chi connectivity index (χ0v) is 23.0. The van der Waals surface area contributed by atoms with Gasteiger partial charge in [-0.25, -0.2) is 0 Å². The van der Waals surface area contributed by atoms with Gasteiger partial charge in [-0.1, -0.05) is 43.0 Å². The summed E-state index contributed by atoms with van der Waals surface area (Å²) in [6, 6.07) is 22.1. The highest BCUT2D eigenvalue weighted by Gasteiger charge is 2.31. The number of carbonyl (C=O) groups is 1. The van der Waals surface area contributed by atoms with Crippen molar-refractivity contribution in [1.82, 2.24) is 5.32 Å². The molecule has 4 rings (SSSR count). The Bertz CT molecular complexity index is 1400. The molecule has 1 atom stereocenters. The predicted molar refractivity (Wildman–Crippen MR) is 159 cm³/mol. The Kier molecular flexibility index (Phi) is 9.52. The molecule has 1 unspecified atom stereocenters. The molecular weight excluding hydrogens is 527 g/mol. The number of nitrogens with zero attached hydrogens (tertiary/aromatic N) is 1. The van der Waals surface area contributed by atoms with E-state index in [1.54, 1.807) is 18.0 Å². The molecule has 0 spiro atoms. The Morgan fingerprint density at radius 1 is 1.07 bits per heavy atom. The lowest BCUT2D eigenvalue weighted by Gasteiger charge is -2.23. The van der Waals surface area contributed by atoms with Crippen molar-refractivity contribution in [3.63, 3.8) is 0 Å². The van der Waals surface area contributed by atoms with E-state index in [9.17, 15) is 18.0 Å². The maximum absolute atomic E-state index is 13.4. The predicted octanol–water partition coefficient (Wildman–Crippen LogP) is 5.94. The average Bonchev–Trinajstić information content (AvgIpc) is 3.78. The number of hydrogen-bond donors (Lipinski definition) is 4. The molecule has 3 aromatic rings. The molecule has 0 radical (unpaired) electrons. The van der Waals surface area contributed by atoms with Gasteiger partial charge in [-0.2, -0.15) is 13.2 Å². The molecule has 0 aliphatic heterocycles. The van der Waals surface area contributed by atoms with Gasteiger partial charge < -0.3 is 27.0 Å². The molecule has 216 valence electrons. The number of benzene rings is 3. The summed E-state index contributed by atoms with van der Waals surface area (Å²) in [7, 11) is 1.70. The SMILES string of the molecule is C=C(/C=C(\CN(C)c1cccc(CN)c1)C(=O)Nc1cccc(C(NCC2CC2)c2ccc(N)cc2)c1)C(F)(F)F. The number of nitrogen functional groups attached to an aromatic ring is 1. The zero-order valence-electron chi connectivity index (χ0n) is 23.0. The first-order valence-corrected chi connectivity index (χ1v) is 13.5. The van der Waals surface area contributed by atoms with Gasteiger partial charge in [-0.15, -0.1) is 0 Å². The smallest absolute Gasteiger partial charge is 0.399 e. The summed E-state index contributed by atoms with van der Waals surface area (Å²) in [5, 5.41) is 6.42. The van der Waals surface area contributed by atoms with Crippen molar-refractivity contribution in [2.75, 3.05) is 36.1 Å². The standard InChI is InChI=1S/C32H36F3N5O/c1-21(32(33,34)35)15-26(20-40(2)29-8-3-5-23(16-29)18-36)31(41)39-28-7-4-6-25(17-28)30(38-19-22-9-10-22)24-11-13-27(37)14-12-24/h3-8,11-17,22,30,38H,1,9-10,18-20,36-37H2,2H3,(H,39,41)/b26-15+. The van der Waals surface area contributed by atoms with E-state index in [4.69, 9.17) is 11.5 Å². The number of nitrogens with two attached hydrogens (primary N) is 2. The molecule has 1 aliphatic carbocycles. The molecule has 1 amide bonds. The highest BCUT2D eigenvalue weighted by molar-refractivity contribution is 6.04. The molecule has 1 fully saturated rings. The van der Waals surface area contributed by atoms with Crippen molar-refractivity contribution in [3.8, 4) is 0 Å². The number of hydrogen-bond acceptors (Lipinski definition) is 5. The molecule has 0 heterocycles. The number of halogens is 3. The molecule has 6 N–H and O–H groups in total. The van der Waals surface area contributed by atoms with Crippen LogP contribution in [0.2, 0.25) is 0 Å². The first-order chi connectivity index (χ1) is 19.5. The minimum atomic E-state index is -4.66. The van der Waals surface area contributed by atoms with E-state index in [1.165, 1.54) is 12.8 Å². The van der Waals surface area contributed by atoms with Gasteiger partial charge >= 0.3 is 6.18 Å². The van der Waals surface area contributed by atoms with Crippen molar-refractivity contribution in [3.05, 3.63) is 113 Å². The molecule has 1 aliphatic rings. The van der Waals surface area contributed by atoms with Crippen LogP contribution in [0.5, 0.6) is 0 Å². The maximum Gasteiger partial charge on any atom is 0.415 e. The van der Waals surface area contributed by atoms with Crippen LogP contribution in [0.3, 0.4) is 0 Å². The van der Waals surface area contributed by atoms with Crippen LogP contribution >= 0.6 is 0 Å². The van der Waals surface area contributed by atoms with Crippen LogP contribution in [0.15, 0.2) is 96.6 Å². The maximum atomic E-state index is 13.4. The summed E-state index contributed by atoms with van der Waals surface area (Å²) < 4.78 is 40.2. The number of carbonyl (C=O) groups excluding carboxylic acids is 1. The lowest BCUT2D eigenvalue weighted by molar-refractivity contribution is -0.112. The average molecular weight is 564 g/mol. The Morgan fingerprint density at radius 2 is 1.78 bits per heavy atom. The quantitative estimate of drug-likeness (QED) is 0.124. The number of amides is 1. The van der Waals surface area contributed by atoms with Crippen LogP contribution in [0.25, 0.3) is 0 Å². The van der Waals surface area contributed by atoms with Gasteiger partial charge in [0, 0.05) is 48.3 Å². The van der Waals surface area contributed by atoms with E-state index in [-0.39, 0.29) is 18.2 Å². The number of alkyl halides is 3. The minimum absolute atomic E-state index is 0.0777. The Morgan fingerprint density at radius 3 is 2.44 bits per heavy atom. The summed E-state index contributed by atoms with van der Waals surface area (Å²) in [5.41, 5.74) is 15.1. The van der Waals surface area contributed by atoms with Crippen LogP contribution in [0.4, 0.5) is 30.2 Å². The van der Waals surface area contributed by atoms with Crippen LogP contribution in [0, 0.1) is 5.92 Å². The van der Waals surface area contributed by atoms with E-state index < -0.39 is 17.7 Å². The van der Waals surface area contributed by atoms with E-state index in [1.807, 2.05) is 66.7 Å². The van der Waals surface area contributed by atoms with Gasteiger partial charge in [0.05, 0.1) is 6.04 Å². The number of likely N-dealkylation sites (N-methyl/N-ethyl adjacent to an activating group) is 1. The van der Waals surface area contributed by atoms with Gasteiger partial charge in [0.25, 0.3) is 5.91 Å². The Labute approximate surface area is 238 Å². The highest BCUT2D eigenvalue weighted by atomic mass is 19.4. The summed E-state index contributed by atoms with van der Waals surface area (Å²) in [6.45, 7) is 4.24. The molecule has 0 saturated heterocycles. The largest absolute Gasteiger partial charge is 0.415 e. The van der Waals surface area contributed by atoms with Gasteiger partial charge in [0.1, 0.15) is 0 Å². The lowest BCUT2D eigenvalue weighted by atomic mass is 9.97. The van der Waals surface area contributed by atoms with Crippen LogP contribution in [-0.2, 0) is 11.3 Å². The summed E-state index contributed by atoms with van der Waals surface area (Å²) in [5.74, 6) is -0.00418. The second kappa shape index (κ2) is 13.1. The molecule has 41 heavy (non-hydrogen) atoms. The van der Waals surface area contributed by atoms with E-state index in [0.717, 1.165) is 35.0 Å². The van der Waals surface area contributed by atoms with Crippen molar-refractivity contribution in [2.24, 2.45) is 11.7 Å². The van der Waals surface area contributed by atoms with Crippen LogP contribution < -0.4 is 27.0 Å². The van der Waals surface area contributed by atoms with Gasteiger partial charge in [-0.3, -0.25) is 4.79 Å². The second-order valence-corrected chi connectivity index (χ2v) is 10.5. The fraction of sp³-hybridized carbons (Fsp3) is 0.281.